The van der Waals surface area contributed by atoms with Gasteiger partial charge in [0.1, 0.15) is 17.3 Å². The number of nitrogen functional groups attached to an aromatic ring is 1. The molecular formula is C20H22F4N6O. The maximum atomic E-state index is 14.4. The van der Waals surface area contributed by atoms with Gasteiger partial charge in [-0.1, -0.05) is 0 Å². The number of nitrogens with zero attached hydrogens (tertiary/aromatic N) is 5. The molecule has 0 saturated carbocycles. The second-order valence-corrected chi connectivity index (χ2v) is 8.65. The number of fused-ring (bicyclic) bond motifs is 2. The highest BCUT2D eigenvalue weighted by atomic mass is 19.4. The standard InChI is InChI=1S/C20H22F4N6O/c1-19(21)2-3-29(10-19)18-27-15(11-4-14(20(22,23)24)17(25)26-7-11)6-16(28-18)30-8-13-5-12(30)9-31-13/h4,6-7,12-13H,2-3,5,8-10H2,1H3,(H2,25,26)/t12-,13-,19+/m0/s1. The second-order valence-electron chi connectivity index (χ2n) is 8.65. The molecule has 0 spiro atoms. The lowest BCUT2D eigenvalue weighted by atomic mass is 10.1. The Labute approximate surface area is 176 Å². The first kappa shape index (κ1) is 20.2. The van der Waals surface area contributed by atoms with E-state index in [1.807, 2.05) is 0 Å². The summed E-state index contributed by atoms with van der Waals surface area (Å²) >= 11 is 0. The van der Waals surface area contributed by atoms with Crippen molar-refractivity contribution >= 4 is 17.6 Å². The summed E-state index contributed by atoms with van der Waals surface area (Å²) in [5.41, 5.74) is 3.52. The summed E-state index contributed by atoms with van der Waals surface area (Å²) in [5.74, 6) is 0.295. The Morgan fingerprint density at radius 2 is 2.06 bits per heavy atom. The van der Waals surface area contributed by atoms with Gasteiger partial charge in [-0.3, -0.25) is 0 Å². The molecule has 0 amide bonds. The molecule has 0 radical (unpaired) electrons. The summed E-state index contributed by atoms with van der Waals surface area (Å²) in [7, 11) is 0. The fraction of sp³-hybridized carbons (Fsp3) is 0.550. The molecule has 3 fully saturated rings. The molecule has 11 heteroatoms. The highest BCUT2D eigenvalue weighted by Crippen LogP contribution is 2.38. The lowest BCUT2D eigenvalue weighted by Gasteiger charge is -2.29. The highest BCUT2D eigenvalue weighted by molar-refractivity contribution is 5.67. The van der Waals surface area contributed by atoms with Crippen molar-refractivity contribution in [3.63, 3.8) is 0 Å². The summed E-state index contributed by atoms with van der Waals surface area (Å²) in [5, 5.41) is 0. The molecule has 7 nitrogen and oxygen atoms in total. The van der Waals surface area contributed by atoms with Crippen molar-refractivity contribution in [2.24, 2.45) is 0 Å². The Morgan fingerprint density at radius 3 is 2.68 bits per heavy atom. The Morgan fingerprint density at radius 1 is 1.26 bits per heavy atom. The molecule has 0 unspecified atom stereocenters. The van der Waals surface area contributed by atoms with Crippen molar-refractivity contribution in [1.82, 2.24) is 15.0 Å². The van der Waals surface area contributed by atoms with E-state index in [1.54, 1.807) is 11.0 Å². The van der Waals surface area contributed by atoms with Crippen molar-refractivity contribution in [2.75, 3.05) is 41.8 Å². The molecule has 5 rings (SSSR count). The first-order valence-electron chi connectivity index (χ1n) is 10.1. The summed E-state index contributed by atoms with van der Waals surface area (Å²) in [6.45, 7) is 3.30. The minimum absolute atomic E-state index is 0.114. The van der Waals surface area contributed by atoms with Crippen LogP contribution in [0.1, 0.15) is 25.3 Å². The van der Waals surface area contributed by atoms with E-state index in [-0.39, 0.29) is 29.9 Å². The van der Waals surface area contributed by atoms with Crippen LogP contribution in [0.25, 0.3) is 11.3 Å². The summed E-state index contributed by atoms with van der Waals surface area (Å²) in [6, 6.07) is 2.75. The molecule has 31 heavy (non-hydrogen) atoms. The van der Waals surface area contributed by atoms with Crippen LogP contribution in [0.15, 0.2) is 18.3 Å². The number of aromatic nitrogens is 3. The molecule has 3 aliphatic heterocycles. The number of alkyl halides is 4. The Kier molecular flexibility index (Phi) is 4.51. The average molecular weight is 438 g/mol. The SMILES string of the molecule is C[C@@]1(F)CCN(c2nc(-c3cnc(N)c(C(F)(F)F)c3)cc(N3C[C@@H]4C[C@H]3CO4)n2)C1. The number of hydrogen-bond acceptors (Lipinski definition) is 7. The van der Waals surface area contributed by atoms with Crippen LogP contribution < -0.4 is 15.5 Å². The topological polar surface area (TPSA) is 80.4 Å². The number of rotatable bonds is 3. The van der Waals surface area contributed by atoms with E-state index in [4.69, 9.17) is 10.5 Å². The number of halogens is 4. The van der Waals surface area contributed by atoms with E-state index in [9.17, 15) is 17.6 Å². The van der Waals surface area contributed by atoms with Crippen LogP contribution in [0.3, 0.4) is 0 Å². The zero-order valence-electron chi connectivity index (χ0n) is 16.9. The molecule has 2 aromatic rings. The van der Waals surface area contributed by atoms with Gasteiger partial charge < -0.3 is 20.3 Å². The van der Waals surface area contributed by atoms with Crippen LogP contribution in [0.2, 0.25) is 0 Å². The second kappa shape index (κ2) is 6.91. The van der Waals surface area contributed by atoms with E-state index in [0.717, 1.165) is 12.5 Å². The molecule has 2 bridgehead atoms. The Balaban J connectivity index is 1.58. The fourth-order valence-electron chi connectivity index (χ4n) is 4.48. The molecule has 0 aliphatic carbocycles. The van der Waals surface area contributed by atoms with Crippen LogP contribution in [0.5, 0.6) is 0 Å². The number of hydrogen-bond donors (Lipinski definition) is 1. The van der Waals surface area contributed by atoms with Gasteiger partial charge in [0.2, 0.25) is 5.95 Å². The van der Waals surface area contributed by atoms with Gasteiger partial charge in [-0.25, -0.2) is 14.4 Å². The van der Waals surface area contributed by atoms with Crippen LogP contribution >= 0.6 is 0 Å². The first-order valence-corrected chi connectivity index (χ1v) is 10.1. The van der Waals surface area contributed by atoms with Crippen LogP contribution in [0.4, 0.5) is 35.1 Å². The van der Waals surface area contributed by atoms with Gasteiger partial charge in [-0.2, -0.15) is 18.2 Å². The minimum atomic E-state index is -4.64. The van der Waals surface area contributed by atoms with Crippen LogP contribution in [-0.2, 0) is 10.9 Å². The van der Waals surface area contributed by atoms with Crippen molar-refractivity contribution in [2.45, 2.75) is 43.8 Å². The maximum Gasteiger partial charge on any atom is 0.419 e. The molecule has 0 aromatic carbocycles. The smallest absolute Gasteiger partial charge is 0.383 e. The fourth-order valence-corrected chi connectivity index (χ4v) is 4.48. The van der Waals surface area contributed by atoms with Gasteiger partial charge in [0, 0.05) is 37.3 Å². The van der Waals surface area contributed by atoms with Gasteiger partial charge in [-0.15, -0.1) is 0 Å². The molecular weight excluding hydrogens is 416 g/mol. The van der Waals surface area contributed by atoms with E-state index in [1.165, 1.54) is 13.1 Å². The van der Waals surface area contributed by atoms with E-state index in [2.05, 4.69) is 19.9 Å². The number of nitrogens with two attached hydrogens (primary N) is 1. The van der Waals surface area contributed by atoms with Crippen molar-refractivity contribution in [1.29, 1.82) is 0 Å². The predicted molar refractivity (Wildman–Crippen MR) is 107 cm³/mol. The van der Waals surface area contributed by atoms with Gasteiger partial charge in [0.15, 0.2) is 0 Å². The van der Waals surface area contributed by atoms with E-state index < -0.39 is 23.2 Å². The van der Waals surface area contributed by atoms with E-state index >= 15 is 0 Å². The van der Waals surface area contributed by atoms with Crippen LogP contribution in [0, 0.1) is 0 Å². The van der Waals surface area contributed by atoms with Crippen molar-refractivity contribution in [3.05, 3.63) is 23.9 Å². The number of ether oxygens (including phenoxy) is 1. The molecule has 2 N–H and O–H groups in total. The third kappa shape index (κ3) is 3.75. The van der Waals surface area contributed by atoms with Gasteiger partial charge in [-0.05, 0) is 19.4 Å². The summed E-state index contributed by atoms with van der Waals surface area (Å²) in [4.78, 5) is 16.7. The normalized spacial score (nSPS) is 28.0. The summed E-state index contributed by atoms with van der Waals surface area (Å²) < 4.78 is 60.2. The molecule has 2 aromatic heterocycles. The van der Waals surface area contributed by atoms with E-state index in [0.29, 0.717) is 37.9 Å². The van der Waals surface area contributed by atoms with Crippen molar-refractivity contribution in [3.8, 4) is 11.3 Å². The molecule has 3 atom stereocenters. The summed E-state index contributed by atoms with van der Waals surface area (Å²) in [6.07, 6.45) is -2.05. The average Bonchev–Trinajstić information content (AvgIpc) is 3.42. The lowest BCUT2D eigenvalue weighted by molar-refractivity contribution is -0.137. The zero-order chi connectivity index (χ0) is 22.0. The molecule has 3 aliphatic rings. The third-order valence-corrected chi connectivity index (χ3v) is 6.12. The number of morpholine rings is 1. The van der Waals surface area contributed by atoms with Gasteiger partial charge in [0.05, 0.1) is 36.6 Å². The van der Waals surface area contributed by atoms with Gasteiger partial charge >= 0.3 is 6.18 Å². The highest BCUT2D eigenvalue weighted by Gasteiger charge is 2.41. The number of pyridine rings is 1. The lowest BCUT2D eigenvalue weighted by Crippen LogP contribution is -2.38. The molecule has 166 valence electrons. The van der Waals surface area contributed by atoms with Crippen molar-refractivity contribution < 1.29 is 22.3 Å². The maximum absolute atomic E-state index is 14.4. The number of anilines is 3. The monoisotopic (exact) mass is 438 g/mol. The third-order valence-electron chi connectivity index (χ3n) is 6.12. The quantitative estimate of drug-likeness (QED) is 0.738. The minimum Gasteiger partial charge on any atom is -0.383 e. The molecule has 3 saturated heterocycles. The van der Waals surface area contributed by atoms with Crippen LogP contribution in [-0.4, -0.2) is 59.0 Å². The first-order chi connectivity index (χ1) is 14.6. The largest absolute Gasteiger partial charge is 0.419 e. The zero-order valence-corrected chi connectivity index (χ0v) is 16.9. The molecule has 5 heterocycles. The predicted octanol–water partition coefficient (Wildman–Crippen LogP) is 3.06. The Hall–Kier alpha value is -2.69. The van der Waals surface area contributed by atoms with Gasteiger partial charge in [0.25, 0.3) is 0 Å². The Bertz CT molecular complexity index is 1010.